The highest BCUT2D eigenvalue weighted by atomic mass is 32.2. The van der Waals surface area contributed by atoms with E-state index in [1.54, 1.807) is 25.3 Å². The van der Waals surface area contributed by atoms with E-state index in [0.717, 1.165) is 0 Å². The van der Waals surface area contributed by atoms with Gasteiger partial charge in [0, 0.05) is 6.20 Å². The molecule has 0 saturated heterocycles. The van der Waals surface area contributed by atoms with Crippen LogP contribution >= 0.6 is 0 Å². The van der Waals surface area contributed by atoms with Gasteiger partial charge in [-0.2, -0.15) is 0 Å². The second kappa shape index (κ2) is 4.41. The van der Waals surface area contributed by atoms with Crippen LogP contribution in [0.25, 0.3) is 0 Å². The van der Waals surface area contributed by atoms with Crippen LogP contribution < -0.4 is 4.72 Å². The van der Waals surface area contributed by atoms with E-state index in [0.29, 0.717) is 12.1 Å². The molecule has 5 heteroatoms. The Bertz CT molecular complexity index is 375. The summed E-state index contributed by atoms with van der Waals surface area (Å²) >= 11 is 0. The summed E-state index contributed by atoms with van der Waals surface area (Å²) in [5.41, 5.74) is 0.507. The van der Waals surface area contributed by atoms with Crippen LogP contribution in [-0.4, -0.2) is 18.7 Å². The first kappa shape index (κ1) is 11.0. The van der Waals surface area contributed by atoms with Crippen LogP contribution in [-0.2, 0) is 10.0 Å². The molecule has 1 atom stereocenters. The molecule has 0 fully saturated rings. The Labute approximate surface area is 84.4 Å². The number of nitrogens with zero attached hydrogens (tertiary/aromatic N) is 1. The molecule has 0 saturated carbocycles. The summed E-state index contributed by atoms with van der Waals surface area (Å²) in [6.45, 7) is 3.52. The first-order valence-corrected chi connectivity index (χ1v) is 6.02. The smallest absolute Gasteiger partial charge is 0.235 e. The second-order valence-electron chi connectivity index (χ2n) is 3.11. The van der Waals surface area contributed by atoms with Crippen molar-refractivity contribution in [2.24, 2.45) is 0 Å². The van der Waals surface area contributed by atoms with E-state index in [1.165, 1.54) is 6.20 Å². The average Bonchev–Trinajstić information content (AvgIpc) is 2.17. The van der Waals surface area contributed by atoms with Crippen molar-refractivity contribution in [3.8, 4) is 0 Å². The third-order valence-corrected chi connectivity index (χ3v) is 3.94. The first-order valence-electron chi connectivity index (χ1n) is 4.48. The first-order chi connectivity index (χ1) is 6.56. The SMILES string of the molecule is CCC(C)S(=O)(=O)Nc1cccnc1. The molecule has 1 N–H and O–H groups in total. The third-order valence-electron chi connectivity index (χ3n) is 2.03. The lowest BCUT2D eigenvalue weighted by atomic mass is 10.4. The maximum atomic E-state index is 11.6. The molecule has 0 spiro atoms. The zero-order valence-corrected chi connectivity index (χ0v) is 9.08. The molecule has 0 aliphatic heterocycles. The lowest BCUT2D eigenvalue weighted by Gasteiger charge is -2.12. The molecule has 0 amide bonds. The van der Waals surface area contributed by atoms with Gasteiger partial charge in [0.15, 0.2) is 0 Å². The second-order valence-corrected chi connectivity index (χ2v) is 5.21. The summed E-state index contributed by atoms with van der Waals surface area (Å²) in [6.07, 6.45) is 3.68. The Kier molecular flexibility index (Phi) is 3.46. The molecule has 1 heterocycles. The highest BCUT2D eigenvalue weighted by molar-refractivity contribution is 7.93. The lowest BCUT2D eigenvalue weighted by molar-refractivity contribution is 0.586. The Morgan fingerprint density at radius 3 is 2.79 bits per heavy atom. The molecule has 4 nitrogen and oxygen atoms in total. The molecule has 1 aromatic heterocycles. The Morgan fingerprint density at radius 2 is 2.29 bits per heavy atom. The fourth-order valence-corrected chi connectivity index (χ4v) is 2.00. The van der Waals surface area contributed by atoms with E-state index < -0.39 is 10.0 Å². The van der Waals surface area contributed by atoms with Gasteiger partial charge in [0.05, 0.1) is 17.1 Å². The Hall–Kier alpha value is -1.10. The molecule has 1 aromatic rings. The maximum absolute atomic E-state index is 11.6. The minimum absolute atomic E-state index is 0.386. The molecule has 0 aromatic carbocycles. The molecule has 0 aliphatic rings. The van der Waals surface area contributed by atoms with Gasteiger partial charge in [0.1, 0.15) is 0 Å². The topological polar surface area (TPSA) is 59.1 Å². The predicted octanol–water partition coefficient (Wildman–Crippen LogP) is 1.62. The third kappa shape index (κ3) is 2.70. The molecular weight excluding hydrogens is 200 g/mol. The maximum Gasteiger partial charge on any atom is 0.235 e. The van der Waals surface area contributed by atoms with Crippen LogP contribution in [0.4, 0.5) is 5.69 Å². The van der Waals surface area contributed by atoms with Gasteiger partial charge in [0.25, 0.3) is 0 Å². The normalized spacial score (nSPS) is 13.6. The van der Waals surface area contributed by atoms with Crippen molar-refractivity contribution in [2.75, 3.05) is 4.72 Å². The van der Waals surface area contributed by atoms with Crippen LogP contribution in [0.3, 0.4) is 0 Å². The quantitative estimate of drug-likeness (QED) is 0.828. The summed E-state index contributed by atoms with van der Waals surface area (Å²) in [6, 6.07) is 3.36. The van der Waals surface area contributed by atoms with Crippen LogP contribution in [0.15, 0.2) is 24.5 Å². The lowest BCUT2D eigenvalue weighted by Crippen LogP contribution is -2.24. The summed E-state index contributed by atoms with van der Waals surface area (Å²) in [5, 5.41) is -0.386. The zero-order valence-electron chi connectivity index (χ0n) is 8.27. The summed E-state index contributed by atoms with van der Waals surface area (Å²) in [4.78, 5) is 3.83. The van der Waals surface area contributed by atoms with Crippen molar-refractivity contribution >= 4 is 15.7 Å². The minimum atomic E-state index is -3.25. The van der Waals surface area contributed by atoms with Crippen molar-refractivity contribution in [1.29, 1.82) is 0 Å². The molecule has 0 radical (unpaired) electrons. The van der Waals surface area contributed by atoms with Crippen LogP contribution in [0.2, 0.25) is 0 Å². The van der Waals surface area contributed by atoms with Crippen molar-refractivity contribution in [1.82, 2.24) is 4.98 Å². The van der Waals surface area contributed by atoms with Gasteiger partial charge in [-0.3, -0.25) is 9.71 Å². The highest BCUT2D eigenvalue weighted by Crippen LogP contribution is 2.11. The molecular formula is C9H14N2O2S. The highest BCUT2D eigenvalue weighted by Gasteiger charge is 2.18. The van der Waals surface area contributed by atoms with Gasteiger partial charge in [-0.15, -0.1) is 0 Å². The fourth-order valence-electron chi connectivity index (χ4n) is 0.907. The Morgan fingerprint density at radius 1 is 1.57 bits per heavy atom. The predicted molar refractivity (Wildman–Crippen MR) is 56.5 cm³/mol. The Balaban J connectivity index is 2.79. The van der Waals surface area contributed by atoms with Gasteiger partial charge in [-0.05, 0) is 25.5 Å². The monoisotopic (exact) mass is 214 g/mol. The summed E-state index contributed by atoms with van der Waals surface area (Å²) < 4.78 is 25.7. The summed E-state index contributed by atoms with van der Waals surface area (Å²) in [7, 11) is -3.25. The standard InChI is InChI=1S/C9H14N2O2S/c1-3-8(2)14(12,13)11-9-5-4-6-10-7-9/h4-8,11H,3H2,1-2H3. The largest absolute Gasteiger partial charge is 0.282 e. The molecule has 14 heavy (non-hydrogen) atoms. The number of rotatable bonds is 4. The van der Waals surface area contributed by atoms with Crippen LogP contribution in [0, 0.1) is 0 Å². The minimum Gasteiger partial charge on any atom is -0.282 e. The molecule has 0 bridgehead atoms. The van der Waals surface area contributed by atoms with Gasteiger partial charge in [-0.1, -0.05) is 6.92 Å². The summed E-state index contributed by atoms with van der Waals surface area (Å²) in [5.74, 6) is 0. The molecule has 1 rings (SSSR count). The zero-order chi connectivity index (χ0) is 10.6. The number of sulfonamides is 1. The number of nitrogens with one attached hydrogen (secondary N) is 1. The number of hydrogen-bond donors (Lipinski definition) is 1. The van der Waals surface area contributed by atoms with E-state index in [4.69, 9.17) is 0 Å². The van der Waals surface area contributed by atoms with E-state index in [9.17, 15) is 8.42 Å². The number of pyridine rings is 1. The van der Waals surface area contributed by atoms with E-state index in [1.807, 2.05) is 6.92 Å². The van der Waals surface area contributed by atoms with Gasteiger partial charge in [-0.25, -0.2) is 8.42 Å². The number of aromatic nitrogens is 1. The van der Waals surface area contributed by atoms with Crippen molar-refractivity contribution in [3.63, 3.8) is 0 Å². The van der Waals surface area contributed by atoms with E-state index in [-0.39, 0.29) is 5.25 Å². The van der Waals surface area contributed by atoms with Crippen molar-refractivity contribution < 1.29 is 8.42 Å². The van der Waals surface area contributed by atoms with E-state index >= 15 is 0 Å². The molecule has 0 aliphatic carbocycles. The molecule has 78 valence electrons. The van der Waals surface area contributed by atoms with Gasteiger partial charge in [0.2, 0.25) is 10.0 Å². The van der Waals surface area contributed by atoms with Crippen molar-refractivity contribution in [2.45, 2.75) is 25.5 Å². The van der Waals surface area contributed by atoms with Gasteiger partial charge < -0.3 is 0 Å². The van der Waals surface area contributed by atoms with Gasteiger partial charge >= 0.3 is 0 Å². The van der Waals surface area contributed by atoms with E-state index in [2.05, 4.69) is 9.71 Å². The molecule has 1 unspecified atom stereocenters. The number of anilines is 1. The van der Waals surface area contributed by atoms with Crippen LogP contribution in [0.5, 0.6) is 0 Å². The number of hydrogen-bond acceptors (Lipinski definition) is 3. The van der Waals surface area contributed by atoms with Crippen molar-refractivity contribution in [3.05, 3.63) is 24.5 Å². The fraction of sp³-hybridized carbons (Fsp3) is 0.444. The average molecular weight is 214 g/mol. The van der Waals surface area contributed by atoms with Crippen LogP contribution in [0.1, 0.15) is 20.3 Å².